The number of aryl methyl sites for hydroxylation is 3. The molecule has 0 aliphatic carbocycles. The molecule has 1 aromatic heterocycles. The van der Waals surface area contributed by atoms with Crippen molar-refractivity contribution in [3.8, 4) is 0 Å². The van der Waals surface area contributed by atoms with E-state index in [-0.39, 0.29) is 16.1 Å². The van der Waals surface area contributed by atoms with Gasteiger partial charge >= 0.3 is 0 Å². The summed E-state index contributed by atoms with van der Waals surface area (Å²) < 4.78 is 30.0. The molecule has 152 valence electrons. The average Bonchev–Trinajstić information content (AvgIpc) is 2.94. The van der Waals surface area contributed by atoms with Gasteiger partial charge < -0.3 is 5.32 Å². The molecule has 8 heteroatoms. The van der Waals surface area contributed by atoms with Crippen molar-refractivity contribution in [2.24, 2.45) is 7.05 Å². The van der Waals surface area contributed by atoms with Crippen LogP contribution in [0.15, 0.2) is 53.4 Å². The highest BCUT2D eigenvalue weighted by atomic mass is 32.2. The molecule has 0 aliphatic rings. The van der Waals surface area contributed by atoms with Crippen molar-refractivity contribution in [2.75, 3.05) is 10.0 Å². The van der Waals surface area contributed by atoms with E-state index in [0.29, 0.717) is 17.1 Å². The second kappa shape index (κ2) is 8.08. The topological polar surface area (TPSA) is 93.1 Å². The first kappa shape index (κ1) is 20.6. The maximum absolute atomic E-state index is 13.0. The lowest BCUT2D eigenvalue weighted by molar-refractivity contribution is 0.102. The summed E-state index contributed by atoms with van der Waals surface area (Å²) in [6.45, 7) is 5.38. The van der Waals surface area contributed by atoms with Crippen LogP contribution >= 0.6 is 0 Å². The number of hydrogen-bond acceptors (Lipinski definition) is 4. The van der Waals surface area contributed by atoms with Crippen molar-refractivity contribution in [1.29, 1.82) is 0 Å². The normalized spacial score (nSPS) is 11.3. The number of anilines is 2. The Bertz CT molecular complexity index is 1150. The van der Waals surface area contributed by atoms with E-state index >= 15 is 0 Å². The lowest BCUT2D eigenvalue weighted by Gasteiger charge is -2.13. The van der Waals surface area contributed by atoms with Crippen LogP contribution in [0, 0.1) is 13.8 Å². The summed E-state index contributed by atoms with van der Waals surface area (Å²) in [6.07, 6.45) is 0.909. The van der Waals surface area contributed by atoms with Crippen LogP contribution < -0.4 is 10.0 Å². The van der Waals surface area contributed by atoms with Crippen LogP contribution in [0.2, 0.25) is 0 Å². The van der Waals surface area contributed by atoms with Crippen molar-refractivity contribution in [3.63, 3.8) is 0 Å². The van der Waals surface area contributed by atoms with Gasteiger partial charge in [0.05, 0.1) is 22.6 Å². The number of nitrogens with one attached hydrogen (secondary N) is 2. The van der Waals surface area contributed by atoms with Gasteiger partial charge in [-0.25, -0.2) is 8.42 Å². The first-order chi connectivity index (χ1) is 13.7. The van der Waals surface area contributed by atoms with Gasteiger partial charge in [0.25, 0.3) is 15.9 Å². The molecule has 1 amide bonds. The minimum atomic E-state index is -3.91. The summed E-state index contributed by atoms with van der Waals surface area (Å²) in [5, 5.41) is 6.98. The van der Waals surface area contributed by atoms with Crippen LogP contribution in [-0.4, -0.2) is 24.1 Å². The second-order valence-corrected chi connectivity index (χ2v) is 8.40. The molecule has 0 spiro atoms. The minimum Gasteiger partial charge on any atom is -0.322 e. The van der Waals surface area contributed by atoms with E-state index in [1.807, 2.05) is 24.3 Å². The van der Waals surface area contributed by atoms with E-state index in [4.69, 9.17) is 0 Å². The van der Waals surface area contributed by atoms with Crippen LogP contribution in [-0.2, 0) is 23.5 Å². The number of carbonyl (C=O) groups excluding carboxylic acids is 1. The Kier molecular flexibility index (Phi) is 5.74. The fourth-order valence-corrected chi connectivity index (χ4v) is 4.65. The molecule has 0 unspecified atom stereocenters. The Morgan fingerprint density at radius 3 is 2.31 bits per heavy atom. The summed E-state index contributed by atoms with van der Waals surface area (Å²) in [6, 6.07) is 14.0. The summed E-state index contributed by atoms with van der Waals surface area (Å²) in [4.78, 5) is 12.9. The van der Waals surface area contributed by atoms with Crippen molar-refractivity contribution in [2.45, 2.75) is 32.1 Å². The lowest BCUT2D eigenvalue weighted by Crippen LogP contribution is -2.19. The van der Waals surface area contributed by atoms with Gasteiger partial charge in [0.15, 0.2) is 0 Å². The number of sulfonamides is 1. The van der Waals surface area contributed by atoms with Crippen molar-refractivity contribution < 1.29 is 13.2 Å². The highest BCUT2D eigenvalue weighted by Gasteiger charge is 2.25. The number of carbonyl (C=O) groups is 1. The Labute approximate surface area is 170 Å². The van der Waals surface area contributed by atoms with Gasteiger partial charge in [-0.2, -0.15) is 5.10 Å². The lowest BCUT2D eigenvalue weighted by atomic mass is 10.1. The predicted octanol–water partition coefficient (Wildman–Crippen LogP) is 3.65. The first-order valence-corrected chi connectivity index (χ1v) is 10.7. The van der Waals surface area contributed by atoms with Gasteiger partial charge in [-0.1, -0.05) is 31.2 Å². The van der Waals surface area contributed by atoms with E-state index in [1.54, 1.807) is 45.2 Å². The minimum absolute atomic E-state index is 0.116. The standard InChI is InChI=1S/C21H24N4O3S/c1-5-16-10-12-17(13-11-16)22-21(26)18-8-6-7-9-19(18)24-29(27,28)20-14(2)23-25(4)15(20)3/h6-13,24H,5H2,1-4H3,(H,22,26). The van der Waals surface area contributed by atoms with Gasteiger partial charge in [0.1, 0.15) is 4.90 Å². The molecule has 29 heavy (non-hydrogen) atoms. The zero-order chi connectivity index (χ0) is 21.2. The SMILES string of the molecule is CCc1ccc(NC(=O)c2ccccc2NS(=O)(=O)c2c(C)nn(C)c2C)cc1. The van der Waals surface area contributed by atoms with Gasteiger partial charge in [-0.3, -0.25) is 14.2 Å². The van der Waals surface area contributed by atoms with E-state index in [9.17, 15) is 13.2 Å². The van der Waals surface area contributed by atoms with E-state index in [0.717, 1.165) is 6.42 Å². The van der Waals surface area contributed by atoms with E-state index < -0.39 is 15.9 Å². The molecule has 7 nitrogen and oxygen atoms in total. The fraction of sp³-hybridized carbons (Fsp3) is 0.238. The third-order valence-corrected chi connectivity index (χ3v) is 6.36. The van der Waals surface area contributed by atoms with Crippen LogP contribution in [0.1, 0.15) is 34.2 Å². The highest BCUT2D eigenvalue weighted by Crippen LogP contribution is 2.25. The Morgan fingerprint density at radius 1 is 1.07 bits per heavy atom. The van der Waals surface area contributed by atoms with Gasteiger partial charge in [-0.05, 0) is 50.1 Å². The molecule has 1 heterocycles. The Balaban J connectivity index is 1.89. The molecule has 2 aromatic carbocycles. The summed E-state index contributed by atoms with van der Waals surface area (Å²) >= 11 is 0. The molecule has 0 fully saturated rings. The maximum Gasteiger partial charge on any atom is 0.265 e. The van der Waals surface area contributed by atoms with Gasteiger partial charge in [0.2, 0.25) is 0 Å². The molecular formula is C21H24N4O3S. The number of para-hydroxylation sites is 1. The molecule has 0 radical (unpaired) electrons. The van der Waals surface area contributed by atoms with Crippen molar-refractivity contribution in [3.05, 3.63) is 71.0 Å². The van der Waals surface area contributed by atoms with Gasteiger partial charge in [0, 0.05) is 12.7 Å². The van der Waals surface area contributed by atoms with E-state index in [2.05, 4.69) is 22.1 Å². The number of aromatic nitrogens is 2. The fourth-order valence-electron chi connectivity index (χ4n) is 3.13. The third kappa shape index (κ3) is 4.32. The summed E-state index contributed by atoms with van der Waals surface area (Å²) in [5.41, 5.74) is 3.17. The summed E-state index contributed by atoms with van der Waals surface area (Å²) in [7, 11) is -2.22. The number of amides is 1. The zero-order valence-corrected chi connectivity index (χ0v) is 17.7. The Morgan fingerprint density at radius 2 is 1.72 bits per heavy atom. The number of hydrogen-bond donors (Lipinski definition) is 2. The third-order valence-electron chi connectivity index (χ3n) is 4.75. The second-order valence-electron chi connectivity index (χ2n) is 6.78. The molecule has 0 atom stereocenters. The molecule has 0 saturated carbocycles. The Hall–Kier alpha value is -3.13. The van der Waals surface area contributed by atoms with Crippen LogP contribution in [0.3, 0.4) is 0 Å². The number of nitrogens with zero attached hydrogens (tertiary/aromatic N) is 2. The molecule has 3 rings (SSSR count). The monoisotopic (exact) mass is 412 g/mol. The highest BCUT2D eigenvalue weighted by molar-refractivity contribution is 7.92. The van der Waals surface area contributed by atoms with Crippen LogP contribution in [0.4, 0.5) is 11.4 Å². The first-order valence-electron chi connectivity index (χ1n) is 9.25. The molecule has 0 saturated heterocycles. The largest absolute Gasteiger partial charge is 0.322 e. The van der Waals surface area contributed by atoms with E-state index in [1.165, 1.54) is 10.2 Å². The van der Waals surface area contributed by atoms with Crippen LogP contribution in [0.25, 0.3) is 0 Å². The summed E-state index contributed by atoms with van der Waals surface area (Å²) in [5.74, 6) is -0.396. The molecule has 0 bridgehead atoms. The van der Waals surface area contributed by atoms with Crippen molar-refractivity contribution >= 4 is 27.3 Å². The molecular weight excluding hydrogens is 388 g/mol. The van der Waals surface area contributed by atoms with Gasteiger partial charge in [-0.15, -0.1) is 0 Å². The quantitative estimate of drug-likeness (QED) is 0.646. The smallest absolute Gasteiger partial charge is 0.265 e. The van der Waals surface area contributed by atoms with Crippen molar-refractivity contribution in [1.82, 2.24) is 9.78 Å². The van der Waals surface area contributed by atoms with Crippen LogP contribution in [0.5, 0.6) is 0 Å². The molecule has 3 aromatic rings. The molecule has 2 N–H and O–H groups in total. The average molecular weight is 413 g/mol. The maximum atomic E-state index is 13.0. The number of benzene rings is 2. The predicted molar refractivity (Wildman–Crippen MR) is 114 cm³/mol. The zero-order valence-electron chi connectivity index (χ0n) is 16.9. The number of rotatable bonds is 6. The molecule has 0 aliphatic heterocycles.